The van der Waals surface area contributed by atoms with Gasteiger partial charge in [-0.05, 0) is 67.1 Å². The highest BCUT2D eigenvalue weighted by Crippen LogP contribution is 2.35. The van der Waals surface area contributed by atoms with E-state index in [2.05, 4.69) is 25.6 Å². The van der Waals surface area contributed by atoms with Gasteiger partial charge in [-0.15, -0.1) is 0 Å². The van der Waals surface area contributed by atoms with E-state index < -0.39 is 17.8 Å². The van der Waals surface area contributed by atoms with Crippen LogP contribution in [0, 0.1) is 6.92 Å². The molecule has 4 aromatic rings. The lowest BCUT2D eigenvalue weighted by Crippen LogP contribution is -2.44. The maximum atomic E-state index is 13.9. The second-order valence-corrected chi connectivity index (χ2v) is 10.1. The second kappa shape index (κ2) is 11.6. The minimum atomic E-state index is -4.54. The molecule has 9 nitrogen and oxygen atoms in total. The molecular weight excluding hydrogens is 533 g/mol. The van der Waals surface area contributed by atoms with Crippen LogP contribution in [0.5, 0.6) is 0 Å². The van der Waals surface area contributed by atoms with Crippen LogP contribution in [0.1, 0.15) is 16.7 Å². The average molecular weight is 565 g/mol. The first-order valence-electron chi connectivity index (χ1n) is 13.1. The van der Waals surface area contributed by atoms with E-state index in [0.717, 1.165) is 35.8 Å². The Morgan fingerprint density at radius 2 is 1.73 bits per heavy atom. The molecule has 0 aliphatic carbocycles. The fourth-order valence-electron chi connectivity index (χ4n) is 4.86. The van der Waals surface area contributed by atoms with Crippen LogP contribution in [0.15, 0.2) is 67.1 Å². The molecule has 12 heteroatoms. The maximum Gasteiger partial charge on any atom is 0.416 e. The number of aromatic nitrogens is 3. The van der Waals surface area contributed by atoms with Gasteiger partial charge in [-0.1, -0.05) is 12.1 Å². The molecule has 0 radical (unpaired) electrons. The minimum Gasteiger partial charge on any atom is -0.382 e. The average Bonchev–Trinajstić information content (AvgIpc) is 3.40. The van der Waals surface area contributed by atoms with Gasteiger partial charge in [0, 0.05) is 62.1 Å². The van der Waals surface area contributed by atoms with E-state index in [0.29, 0.717) is 30.3 Å². The first-order chi connectivity index (χ1) is 19.6. The van der Waals surface area contributed by atoms with Crippen molar-refractivity contribution in [3.63, 3.8) is 0 Å². The SMILES string of the molecule is Cc1cc(NC(=O)Nc2ccc(CN3CCN(C)CC3)c(C(F)(F)F)c2)ccc1-c1cnn(-c2cccnc2N)c1. The summed E-state index contributed by atoms with van der Waals surface area (Å²) in [7, 11) is 2.00. The van der Waals surface area contributed by atoms with Crippen LogP contribution < -0.4 is 16.4 Å². The number of nitrogen functional groups attached to an aromatic ring is 1. The van der Waals surface area contributed by atoms with Gasteiger partial charge in [0.15, 0.2) is 0 Å². The zero-order valence-corrected chi connectivity index (χ0v) is 22.7. The van der Waals surface area contributed by atoms with E-state index in [9.17, 15) is 18.0 Å². The number of halogens is 3. The largest absolute Gasteiger partial charge is 0.416 e. The number of carbonyl (C=O) groups is 1. The fraction of sp³-hybridized carbons (Fsp3) is 0.276. The van der Waals surface area contributed by atoms with Crippen molar-refractivity contribution in [2.75, 3.05) is 49.6 Å². The molecule has 1 fully saturated rings. The maximum absolute atomic E-state index is 13.9. The summed E-state index contributed by atoms with van der Waals surface area (Å²) in [6.45, 7) is 5.13. The molecule has 1 aliphatic heterocycles. The van der Waals surface area contributed by atoms with Gasteiger partial charge in [-0.3, -0.25) is 4.90 Å². The predicted octanol–water partition coefficient (Wildman–Crippen LogP) is 5.24. The zero-order chi connectivity index (χ0) is 29.1. The quantitative estimate of drug-likeness (QED) is 0.296. The van der Waals surface area contributed by atoms with Gasteiger partial charge in [0.2, 0.25) is 0 Å². The number of rotatable bonds is 6. The molecular formula is C29H31F3N8O. The molecule has 214 valence electrons. The van der Waals surface area contributed by atoms with Crippen molar-refractivity contribution in [1.29, 1.82) is 0 Å². The second-order valence-electron chi connectivity index (χ2n) is 10.1. The summed E-state index contributed by atoms with van der Waals surface area (Å²) in [4.78, 5) is 20.9. The van der Waals surface area contributed by atoms with Gasteiger partial charge in [-0.2, -0.15) is 18.3 Å². The molecule has 41 heavy (non-hydrogen) atoms. The normalized spacial score (nSPS) is 14.7. The topological polar surface area (TPSA) is 104 Å². The van der Waals surface area contributed by atoms with E-state index >= 15 is 0 Å². The van der Waals surface area contributed by atoms with E-state index in [1.54, 1.807) is 35.3 Å². The van der Waals surface area contributed by atoms with Crippen LogP contribution in [0.3, 0.4) is 0 Å². The number of nitrogens with zero attached hydrogens (tertiary/aromatic N) is 5. The molecule has 0 saturated carbocycles. The molecule has 1 aliphatic rings. The smallest absolute Gasteiger partial charge is 0.382 e. The Labute approximate surface area is 235 Å². The first-order valence-corrected chi connectivity index (χ1v) is 13.1. The molecule has 5 rings (SSSR count). The number of carbonyl (C=O) groups excluding carboxylic acids is 1. The number of hydrogen-bond acceptors (Lipinski definition) is 6. The Morgan fingerprint density at radius 3 is 2.41 bits per heavy atom. The lowest BCUT2D eigenvalue weighted by molar-refractivity contribution is -0.138. The molecule has 0 spiro atoms. The fourth-order valence-corrected chi connectivity index (χ4v) is 4.86. The molecule has 3 heterocycles. The molecule has 1 saturated heterocycles. The van der Waals surface area contributed by atoms with Gasteiger partial charge < -0.3 is 21.3 Å². The number of piperazine rings is 1. The standard InChI is InChI=1S/C29H31F3N8O/c1-19-14-22(7-8-24(19)21-16-35-40(18-21)26-4-3-9-34-27(26)33)36-28(41)37-23-6-5-20(25(15-23)29(30,31)32)17-39-12-10-38(2)11-13-39/h3-9,14-16,18H,10-13,17H2,1-2H3,(H2,33,34)(H2,36,37,41). The Bertz CT molecular complexity index is 1540. The third-order valence-electron chi connectivity index (χ3n) is 7.10. The van der Waals surface area contributed by atoms with Crippen LogP contribution in [0.2, 0.25) is 0 Å². The molecule has 0 atom stereocenters. The summed E-state index contributed by atoms with van der Waals surface area (Å²) in [5.74, 6) is 0.358. The van der Waals surface area contributed by atoms with Crippen LogP contribution in [0.4, 0.5) is 35.2 Å². The molecule has 4 N–H and O–H groups in total. The summed E-state index contributed by atoms with van der Waals surface area (Å²) in [5.41, 5.74) is 9.23. The number of amides is 2. The van der Waals surface area contributed by atoms with Gasteiger partial charge >= 0.3 is 12.2 Å². The number of likely N-dealkylation sites (N-methyl/N-ethyl adjacent to an activating group) is 1. The summed E-state index contributed by atoms with van der Waals surface area (Å²) < 4.78 is 43.3. The van der Waals surface area contributed by atoms with E-state index in [-0.39, 0.29) is 17.8 Å². The van der Waals surface area contributed by atoms with Crippen molar-refractivity contribution in [2.45, 2.75) is 19.6 Å². The molecule has 2 aromatic carbocycles. The van der Waals surface area contributed by atoms with Crippen LogP contribution >= 0.6 is 0 Å². The number of aryl methyl sites for hydroxylation is 1. The number of pyridine rings is 1. The number of nitrogens with one attached hydrogen (secondary N) is 2. The highest BCUT2D eigenvalue weighted by molar-refractivity contribution is 6.00. The summed E-state index contributed by atoms with van der Waals surface area (Å²) >= 11 is 0. The summed E-state index contributed by atoms with van der Waals surface area (Å²) in [5, 5.41) is 9.61. The van der Waals surface area contributed by atoms with Gasteiger partial charge in [0.05, 0.1) is 11.8 Å². The monoisotopic (exact) mass is 564 g/mol. The first kappa shape index (κ1) is 28.1. The zero-order valence-electron chi connectivity index (χ0n) is 22.7. The van der Waals surface area contributed by atoms with Crippen molar-refractivity contribution in [2.24, 2.45) is 0 Å². The number of alkyl halides is 3. The van der Waals surface area contributed by atoms with Crippen molar-refractivity contribution in [3.8, 4) is 16.8 Å². The molecule has 2 aromatic heterocycles. The Kier molecular flexibility index (Phi) is 7.95. The lowest BCUT2D eigenvalue weighted by Gasteiger charge is -2.33. The van der Waals surface area contributed by atoms with Crippen LogP contribution in [-0.2, 0) is 12.7 Å². The Balaban J connectivity index is 1.26. The van der Waals surface area contributed by atoms with Crippen LogP contribution in [0.25, 0.3) is 16.8 Å². The van der Waals surface area contributed by atoms with Gasteiger partial charge in [0.25, 0.3) is 0 Å². The third-order valence-corrected chi connectivity index (χ3v) is 7.10. The van der Waals surface area contributed by atoms with E-state index in [1.807, 2.05) is 37.2 Å². The van der Waals surface area contributed by atoms with Crippen molar-refractivity contribution in [1.82, 2.24) is 24.6 Å². The Morgan fingerprint density at radius 1 is 1.02 bits per heavy atom. The van der Waals surface area contributed by atoms with Gasteiger partial charge in [-0.25, -0.2) is 14.5 Å². The Hall–Kier alpha value is -4.42. The highest BCUT2D eigenvalue weighted by Gasteiger charge is 2.34. The van der Waals surface area contributed by atoms with E-state index in [1.165, 1.54) is 12.1 Å². The van der Waals surface area contributed by atoms with Crippen LogP contribution in [-0.4, -0.2) is 63.8 Å². The van der Waals surface area contributed by atoms with Gasteiger partial charge in [0.1, 0.15) is 11.5 Å². The number of hydrogen-bond donors (Lipinski definition) is 3. The predicted molar refractivity (Wildman–Crippen MR) is 153 cm³/mol. The summed E-state index contributed by atoms with van der Waals surface area (Å²) in [6, 6.07) is 12.2. The minimum absolute atomic E-state index is 0.0624. The number of nitrogens with two attached hydrogens (primary N) is 1. The lowest BCUT2D eigenvalue weighted by atomic mass is 10.0. The number of urea groups is 1. The highest BCUT2D eigenvalue weighted by atomic mass is 19.4. The number of benzene rings is 2. The van der Waals surface area contributed by atoms with Crippen molar-refractivity contribution < 1.29 is 18.0 Å². The van der Waals surface area contributed by atoms with E-state index in [4.69, 9.17) is 5.73 Å². The molecule has 2 amide bonds. The van der Waals surface area contributed by atoms with Crippen molar-refractivity contribution >= 4 is 23.2 Å². The number of anilines is 3. The van der Waals surface area contributed by atoms with Crippen molar-refractivity contribution in [3.05, 3.63) is 83.8 Å². The molecule has 0 bridgehead atoms. The summed E-state index contributed by atoms with van der Waals surface area (Å²) in [6.07, 6.45) is 0.607. The third kappa shape index (κ3) is 6.67. The molecule has 0 unspecified atom stereocenters.